The molecule has 0 saturated heterocycles. The van der Waals surface area contributed by atoms with Gasteiger partial charge >= 0.3 is 6.36 Å². The number of ketones is 1. The van der Waals surface area contributed by atoms with Crippen molar-refractivity contribution >= 4 is 16.8 Å². The lowest BCUT2D eigenvalue weighted by Gasteiger charge is -2.09. The number of nitriles is 1. The van der Waals surface area contributed by atoms with E-state index in [1.54, 1.807) is 0 Å². The highest BCUT2D eigenvalue weighted by molar-refractivity contribution is 6.07. The Bertz CT molecular complexity index is 1000. The lowest BCUT2D eigenvalue weighted by molar-refractivity contribution is -0.274. The van der Waals surface area contributed by atoms with Crippen molar-refractivity contribution in [2.45, 2.75) is 13.3 Å². The molecule has 3 rings (SSSR count). The Kier molecular flexibility index (Phi) is 3.88. The van der Waals surface area contributed by atoms with Crippen LogP contribution in [-0.4, -0.2) is 26.9 Å². The Labute approximate surface area is 139 Å². The van der Waals surface area contributed by atoms with E-state index in [0.29, 0.717) is 16.6 Å². The van der Waals surface area contributed by atoms with E-state index >= 15 is 0 Å². The van der Waals surface area contributed by atoms with Crippen LogP contribution in [0.1, 0.15) is 23.0 Å². The lowest BCUT2D eigenvalue weighted by Crippen LogP contribution is -2.17. The number of Topliss-reactive ketones (excluding diaryl/α,β-unsaturated/α-hetero) is 1. The van der Waals surface area contributed by atoms with E-state index in [0.717, 1.165) is 12.1 Å². The summed E-state index contributed by atoms with van der Waals surface area (Å²) in [6, 6.07) is 8.32. The smallest absolute Gasteiger partial charge is 0.406 e. The van der Waals surface area contributed by atoms with E-state index in [-0.39, 0.29) is 22.9 Å². The fourth-order valence-corrected chi connectivity index (χ4v) is 2.38. The second kappa shape index (κ2) is 5.90. The number of hydrogen-bond donors (Lipinski definition) is 0. The van der Waals surface area contributed by atoms with Crippen LogP contribution in [-0.2, 0) is 0 Å². The molecule has 0 unspecified atom stereocenters. The third kappa shape index (κ3) is 3.14. The molecule has 1 aromatic carbocycles. The Balaban J connectivity index is 2.12. The Morgan fingerprint density at radius 3 is 2.48 bits per heavy atom. The minimum atomic E-state index is -4.79. The molecule has 0 bridgehead atoms. The van der Waals surface area contributed by atoms with E-state index in [2.05, 4.69) is 14.8 Å². The highest BCUT2D eigenvalue weighted by Gasteiger charge is 2.31. The largest absolute Gasteiger partial charge is 0.573 e. The molecule has 0 amide bonds. The average Bonchev–Trinajstić information content (AvgIpc) is 2.93. The normalized spacial score (nSPS) is 11.3. The molecule has 0 N–H and O–H groups in total. The minimum absolute atomic E-state index is 0.00363. The maximum absolute atomic E-state index is 12.2. The SMILES string of the molecule is CC(=O)c1ccnc2c1c(C#N)nn2-c1ccc(OC(F)(F)F)cc1. The number of carbonyl (C=O) groups is 1. The molecule has 0 aliphatic carbocycles. The summed E-state index contributed by atoms with van der Waals surface area (Å²) in [6.07, 6.45) is -3.38. The Morgan fingerprint density at radius 1 is 1.24 bits per heavy atom. The molecule has 6 nitrogen and oxygen atoms in total. The Morgan fingerprint density at radius 2 is 1.92 bits per heavy atom. The summed E-state index contributed by atoms with van der Waals surface area (Å²) in [5.74, 6) is -0.636. The maximum Gasteiger partial charge on any atom is 0.573 e. The van der Waals surface area contributed by atoms with Crippen molar-refractivity contribution in [2.24, 2.45) is 0 Å². The van der Waals surface area contributed by atoms with Gasteiger partial charge in [-0.2, -0.15) is 10.4 Å². The van der Waals surface area contributed by atoms with Crippen molar-refractivity contribution in [2.75, 3.05) is 0 Å². The molecule has 0 aliphatic heterocycles. The predicted molar refractivity (Wildman–Crippen MR) is 80.3 cm³/mol. The van der Waals surface area contributed by atoms with Crippen LogP contribution in [0.4, 0.5) is 13.2 Å². The van der Waals surface area contributed by atoms with Gasteiger partial charge in [-0.3, -0.25) is 4.79 Å². The van der Waals surface area contributed by atoms with E-state index in [1.807, 2.05) is 6.07 Å². The van der Waals surface area contributed by atoms with Gasteiger partial charge in [0, 0.05) is 11.8 Å². The molecule has 9 heteroatoms. The summed E-state index contributed by atoms with van der Waals surface area (Å²) >= 11 is 0. The van der Waals surface area contributed by atoms with E-state index in [4.69, 9.17) is 0 Å². The molecule has 25 heavy (non-hydrogen) atoms. The molecule has 0 radical (unpaired) electrons. The van der Waals surface area contributed by atoms with Crippen molar-refractivity contribution in [1.82, 2.24) is 14.8 Å². The van der Waals surface area contributed by atoms with Crippen molar-refractivity contribution in [3.63, 3.8) is 0 Å². The quantitative estimate of drug-likeness (QED) is 0.679. The topological polar surface area (TPSA) is 80.8 Å². The number of pyridine rings is 1. The second-order valence-electron chi connectivity index (χ2n) is 5.03. The third-order valence-electron chi connectivity index (χ3n) is 3.37. The first-order valence-electron chi connectivity index (χ1n) is 6.95. The number of aromatic nitrogens is 3. The molecule has 126 valence electrons. The number of fused-ring (bicyclic) bond motifs is 1. The Hall–Kier alpha value is -3.41. The number of nitrogens with zero attached hydrogens (tertiary/aromatic N) is 4. The van der Waals surface area contributed by atoms with Crippen LogP contribution in [0, 0.1) is 11.3 Å². The van der Waals surface area contributed by atoms with Crippen molar-refractivity contribution < 1.29 is 22.7 Å². The predicted octanol–water partition coefficient (Wildman–Crippen LogP) is 3.39. The monoisotopic (exact) mass is 346 g/mol. The first kappa shape index (κ1) is 16.4. The van der Waals surface area contributed by atoms with Crippen molar-refractivity contribution in [3.05, 3.63) is 47.8 Å². The second-order valence-corrected chi connectivity index (χ2v) is 5.03. The van der Waals surface area contributed by atoms with Crippen LogP contribution >= 0.6 is 0 Å². The fourth-order valence-electron chi connectivity index (χ4n) is 2.38. The first-order valence-corrected chi connectivity index (χ1v) is 6.95. The van der Waals surface area contributed by atoms with Gasteiger partial charge in [-0.15, -0.1) is 13.2 Å². The summed E-state index contributed by atoms with van der Waals surface area (Å²) < 4.78 is 41.8. The van der Waals surface area contributed by atoms with Crippen LogP contribution in [0.2, 0.25) is 0 Å². The number of hydrogen-bond acceptors (Lipinski definition) is 5. The summed E-state index contributed by atoms with van der Waals surface area (Å²) in [7, 11) is 0. The third-order valence-corrected chi connectivity index (χ3v) is 3.37. The first-order chi connectivity index (χ1) is 11.8. The summed E-state index contributed by atoms with van der Waals surface area (Å²) in [5.41, 5.74) is 0.928. The van der Waals surface area contributed by atoms with Gasteiger partial charge in [-0.05, 0) is 37.3 Å². The van der Waals surface area contributed by atoms with Gasteiger partial charge < -0.3 is 4.74 Å². The molecule has 2 heterocycles. The highest BCUT2D eigenvalue weighted by Crippen LogP contribution is 2.27. The van der Waals surface area contributed by atoms with Gasteiger partial charge in [-0.1, -0.05) is 0 Å². The van der Waals surface area contributed by atoms with Crippen LogP contribution in [0.25, 0.3) is 16.7 Å². The number of benzene rings is 1. The van der Waals surface area contributed by atoms with Crippen LogP contribution < -0.4 is 4.74 Å². The molecule has 0 saturated carbocycles. The van der Waals surface area contributed by atoms with Gasteiger partial charge in [0.05, 0.1) is 11.1 Å². The van der Waals surface area contributed by atoms with Crippen molar-refractivity contribution in [3.8, 4) is 17.5 Å². The van der Waals surface area contributed by atoms with Crippen LogP contribution in [0.5, 0.6) is 5.75 Å². The zero-order chi connectivity index (χ0) is 18.2. The molecule has 0 spiro atoms. The van der Waals surface area contributed by atoms with Gasteiger partial charge in [0.25, 0.3) is 0 Å². The zero-order valence-electron chi connectivity index (χ0n) is 12.7. The summed E-state index contributed by atoms with van der Waals surface area (Å²) in [5, 5.41) is 13.7. The maximum atomic E-state index is 12.2. The van der Waals surface area contributed by atoms with Gasteiger partial charge in [0.2, 0.25) is 0 Å². The summed E-state index contributed by atoms with van der Waals surface area (Å²) in [4.78, 5) is 15.9. The zero-order valence-corrected chi connectivity index (χ0v) is 12.7. The molecule has 0 atom stereocenters. The van der Waals surface area contributed by atoms with E-state index in [9.17, 15) is 23.2 Å². The van der Waals surface area contributed by atoms with E-state index < -0.39 is 6.36 Å². The lowest BCUT2D eigenvalue weighted by atomic mass is 10.1. The van der Waals surface area contributed by atoms with Crippen LogP contribution in [0.3, 0.4) is 0 Å². The van der Waals surface area contributed by atoms with Gasteiger partial charge in [0.15, 0.2) is 17.1 Å². The van der Waals surface area contributed by atoms with E-state index in [1.165, 1.54) is 36.0 Å². The number of rotatable bonds is 3. The summed E-state index contributed by atoms with van der Waals surface area (Å²) in [6.45, 7) is 1.36. The standard InChI is InChI=1S/C16H9F3N4O2/c1-9(24)12-6-7-21-15-14(12)13(8-20)22-23(15)10-2-4-11(5-3-10)25-16(17,18)19/h2-7H,1H3. The molecular formula is C16H9F3N4O2. The molecule has 3 aromatic rings. The minimum Gasteiger partial charge on any atom is -0.406 e. The number of alkyl halides is 3. The van der Waals surface area contributed by atoms with Crippen molar-refractivity contribution in [1.29, 1.82) is 5.26 Å². The highest BCUT2D eigenvalue weighted by atomic mass is 19.4. The molecular weight excluding hydrogens is 337 g/mol. The molecule has 0 aliphatic rings. The number of halogens is 3. The molecule has 0 fully saturated rings. The molecule has 2 aromatic heterocycles. The number of ether oxygens (including phenoxy) is 1. The average molecular weight is 346 g/mol. The van der Waals surface area contributed by atoms with Gasteiger partial charge in [0.1, 0.15) is 11.8 Å². The van der Waals surface area contributed by atoms with Gasteiger partial charge in [-0.25, -0.2) is 9.67 Å². The number of carbonyl (C=O) groups excluding carboxylic acids is 1. The van der Waals surface area contributed by atoms with Crippen LogP contribution in [0.15, 0.2) is 36.5 Å². The fraction of sp³-hybridized carbons (Fsp3) is 0.125.